The molecule has 34 heavy (non-hydrogen) atoms. The predicted molar refractivity (Wildman–Crippen MR) is 125 cm³/mol. The zero-order valence-electron chi connectivity index (χ0n) is 19.2. The van der Waals surface area contributed by atoms with Crippen LogP contribution in [0, 0.1) is 11.7 Å². The van der Waals surface area contributed by atoms with Crippen molar-refractivity contribution < 1.29 is 18.8 Å². The molecule has 2 atom stereocenters. The first-order chi connectivity index (χ1) is 16.3. The average Bonchev–Trinajstić information content (AvgIpc) is 3.64. The van der Waals surface area contributed by atoms with E-state index < -0.39 is 11.6 Å². The molecule has 1 saturated carbocycles. The van der Waals surface area contributed by atoms with Crippen LogP contribution in [0.4, 0.5) is 14.9 Å². The van der Waals surface area contributed by atoms with Gasteiger partial charge in [-0.05, 0) is 79.5 Å². The number of rotatable bonds is 6. The second kappa shape index (κ2) is 8.42. The molecule has 0 radical (unpaired) electrons. The molecule has 2 aromatic carbocycles. The molecule has 178 valence electrons. The second-order valence-electron chi connectivity index (χ2n) is 9.83. The summed E-state index contributed by atoms with van der Waals surface area (Å²) in [5.74, 6) is -0.568. The molecule has 2 unspecified atom stereocenters. The van der Waals surface area contributed by atoms with Crippen molar-refractivity contribution in [2.24, 2.45) is 5.92 Å². The lowest BCUT2D eigenvalue weighted by Crippen LogP contribution is -2.52. The van der Waals surface area contributed by atoms with Crippen molar-refractivity contribution in [2.75, 3.05) is 12.3 Å². The molecule has 8 heteroatoms. The van der Waals surface area contributed by atoms with Crippen LogP contribution in [-0.4, -0.2) is 45.8 Å². The minimum atomic E-state index is -1.02. The lowest BCUT2D eigenvalue weighted by Gasteiger charge is -2.33. The van der Waals surface area contributed by atoms with E-state index in [1.807, 2.05) is 19.1 Å². The number of nitrogen functional groups attached to an aromatic ring is 1. The molecule has 1 spiro atoms. The van der Waals surface area contributed by atoms with Crippen LogP contribution in [-0.2, 0) is 29.0 Å². The minimum absolute atomic E-state index is 0.0284. The number of benzene rings is 2. The first-order valence-electron chi connectivity index (χ1n) is 11.8. The number of nitrogens with one attached hydrogen (secondary N) is 1. The Morgan fingerprint density at radius 1 is 1.21 bits per heavy atom. The first kappa shape index (κ1) is 22.4. The summed E-state index contributed by atoms with van der Waals surface area (Å²) in [7, 11) is 0. The molecule has 1 heterocycles. The van der Waals surface area contributed by atoms with Crippen LogP contribution in [0.5, 0.6) is 0 Å². The number of halogens is 1. The maximum Gasteiger partial charge on any atom is 0.325 e. The number of amides is 4. The summed E-state index contributed by atoms with van der Waals surface area (Å²) in [6.45, 7) is 2.00. The highest BCUT2D eigenvalue weighted by atomic mass is 19.1. The molecule has 1 aliphatic heterocycles. The van der Waals surface area contributed by atoms with Gasteiger partial charge in [-0.3, -0.25) is 14.5 Å². The van der Waals surface area contributed by atoms with Gasteiger partial charge in [-0.1, -0.05) is 18.2 Å². The normalized spacial score (nSPS) is 22.5. The molecular formula is C26H29FN4O3. The third kappa shape index (κ3) is 4.13. The highest BCUT2D eigenvalue weighted by molar-refractivity contribution is 6.09. The summed E-state index contributed by atoms with van der Waals surface area (Å²) in [6.07, 6.45) is 3.57. The molecule has 2 aromatic rings. The van der Waals surface area contributed by atoms with Crippen molar-refractivity contribution >= 4 is 23.5 Å². The Bertz CT molecular complexity index is 1150. The highest BCUT2D eigenvalue weighted by Crippen LogP contribution is 2.37. The van der Waals surface area contributed by atoms with Crippen molar-refractivity contribution in [1.82, 2.24) is 15.1 Å². The first-order valence-corrected chi connectivity index (χ1v) is 11.8. The van der Waals surface area contributed by atoms with E-state index in [4.69, 9.17) is 5.73 Å². The van der Waals surface area contributed by atoms with Crippen LogP contribution in [0.1, 0.15) is 42.9 Å². The van der Waals surface area contributed by atoms with Gasteiger partial charge in [0.15, 0.2) is 0 Å². The van der Waals surface area contributed by atoms with Gasteiger partial charge in [0, 0.05) is 24.7 Å². The Hall–Kier alpha value is -3.42. The molecule has 3 N–H and O–H groups in total. The van der Waals surface area contributed by atoms with E-state index in [9.17, 15) is 18.8 Å². The lowest BCUT2D eigenvalue weighted by molar-refractivity contribution is -0.141. The summed E-state index contributed by atoms with van der Waals surface area (Å²) < 4.78 is 13.3. The monoisotopic (exact) mass is 464 g/mol. The zero-order chi connectivity index (χ0) is 24.0. The van der Waals surface area contributed by atoms with Gasteiger partial charge in [0.2, 0.25) is 5.91 Å². The number of fused-ring (bicyclic) bond motifs is 1. The standard InChI is InChI=1S/C26H29FN4O3/c1-16(18-4-5-18)30(14-17-2-7-21(27)8-3-17)23(32)15-31-24(33)26(29-25(31)34)11-10-19-12-22(28)9-6-20(19)13-26/h2-3,6-9,12,16,18H,4-5,10-11,13-15,28H2,1H3,(H,29,34). The molecule has 7 nitrogen and oxygen atoms in total. The molecule has 2 fully saturated rings. The van der Waals surface area contributed by atoms with Gasteiger partial charge in [-0.2, -0.15) is 0 Å². The smallest absolute Gasteiger partial charge is 0.325 e. The Balaban J connectivity index is 1.33. The number of urea groups is 1. The number of hydrogen-bond acceptors (Lipinski definition) is 4. The van der Waals surface area contributed by atoms with Crippen LogP contribution in [0.15, 0.2) is 42.5 Å². The topological polar surface area (TPSA) is 95.7 Å². The van der Waals surface area contributed by atoms with E-state index in [0.29, 0.717) is 37.4 Å². The van der Waals surface area contributed by atoms with Crippen LogP contribution in [0.25, 0.3) is 0 Å². The Morgan fingerprint density at radius 3 is 2.65 bits per heavy atom. The number of nitrogens with two attached hydrogens (primary N) is 1. The van der Waals surface area contributed by atoms with Crippen molar-refractivity contribution in [2.45, 2.75) is 57.2 Å². The summed E-state index contributed by atoms with van der Waals surface area (Å²) >= 11 is 0. The number of hydrogen-bond donors (Lipinski definition) is 2. The van der Waals surface area contributed by atoms with E-state index in [-0.39, 0.29) is 30.2 Å². The SMILES string of the molecule is CC(C1CC1)N(Cc1ccc(F)cc1)C(=O)CN1C(=O)NC2(CCc3cc(N)ccc3C2)C1=O. The highest BCUT2D eigenvalue weighted by Gasteiger charge is 2.53. The fourth-order valence-corrected chi connectivity index (χ4v) is 5.23. The van der Waals surface area contributed by atoms with Crippen molar-refractivity contribution in [3.05, 3.63) is 65.0 Å². The lowest BCUT2D eigenvalue weighted by atomic mass is 9.77. The number of nitrogens with zero attached hydrogens (tertiary/aromatic N) is 2. The number of aryl methyl sites for hydroxylation is 1. The van der Waals surface area contributed by atoms with E-state index in [2.05, 4.69) is 5.32 Å². The van der Waals surface area contributed by atoms with Crippen LogP contribution >= 0.6 is 0 Å². The van der Waals surface area contributed by atoms with Gasteiger partial charge in [-0.25, -0.2) is 9.18 Å². The molecule has 1 saturated heterocycles. The Kier molecular flexibility index (Phi) is 5.54. The van der Waals surface area contributed by atoms with Crippen molar-refractivity contribution in [1.29, 1.82) is 0 Å². The zero-order valence-corrected chi connectivity index (χ0v) is 19.2. The maximum absolute atomic E-state index is 13.4. The van der Waals surface area contributed by atoms with Crippen LogP contribution < -0.4 is 11.1 Å². The van der Waals surface area contributed by atoms with Gasteiger partial charge < -0.3 is 16.0 Å². The fourth-order valence-electron chi connectivity index (χ4n) is 5.23. The molecule has 0 bridgehead atoms. The Morgan fingerprint density at radius 2 is 1.94 bits per heavy atom. The Labute approximate surface area is 198 Å². The quantitative estimate of drug-likeness (QED) is 0.508. The van der Waals surface area contributed by atoms with Gasteiger partial charge >= 0.3 is 6.03 Å². The fraction of sp³-hybridized carbons (Fsp3) is 0.423. The summed E-state index contributed by atoms with van der Waals surface area (Å²) in [6, 6.07) is 11.1. The maximum atomic E-state index is 13.4. The largest absolute Gasteiger partial charge is 0.399 e. The molecular weight excluding hydrogens is 435 g/mol. The number of imide groups is 1. The minimum Gasteiger partial charge on any atom is -0.399 e. The number of carbonyl (C=O) groups is 3. The van der Waals surface area contributed by atoms with E-state index in [1.165, 1.54) is 12.1 Å². The van der Waals surface area contributed by atoms with Gasteiger partial charge in [0.1, 0.15) is 17.9 Å². The molecule has 5 rings (SSSR count). The number of carbonyl (C=O) groups excluding carboxylic acids is 3. The third-order valence-electron chi connectivity index (χ3n) is 7.47. The van der Waals surface area contributed by atoms with Crippen molar-refractivity contribution in [3.8, 4) is 0 Å². The van der Waals surface area contributed by atoms with Crippen LogP contribution in [0.2, 0.25) is 0 Å². The van der Waals surface area contributed by atoms with E-state index in [0.717, 1.165) is 34.4 Å². The van der Waals surface area contributed by atoms with Crippen LogP contribution in [0.3, 0.4) is 0 Å². The van der Waals surface area contributed by atoms with E-state index >= 15 is 0 Å². The van der Waals surface area contributed by atoms with Crippen molar-refractivity contribution in [3.63, 3.8) is 0 Å². The average molecular weight is 465 g/mol. The second-order valence-corrected chi connectivity index (χ2v) is 9.83. The molecule has 0 aromatic heterocycles. The molecule has 2 aliphatic carbocycles. The number of anilines is 1. The van der Waals surface area contributed by atoms with E-state index in [1.54, 1.807) is 23.1 Å². The van der Waals surface area contributed by atoms with Gasteiger partial charge in [0.05, 0.1) is 0 Å². The molecule has 3 aliphatic rings. The summed E-state index contributed by atoms with van der Waals surface area (Å²) in [5, 5.41) is 2.88. The molecule has 4 amide bonds. The van der Waals surface area contributed by atoms with Gasteiger partial charge in [-0.15, -0.1) is 0 Å². The summed E-state index contributed by atoms with van der Waals surface area (Å²) in [4.78, 5) is 42.5. The van der Waals surface area contributed by atoms with Gasteiger partial charge in [0.25, 0.3) is 5.91 Å². The predicted octanol–water partition coefficient (Wildman–Crippen LogP) is 3.01. The summed E-state index contributed by atoms with van der Waals surface area (Å²) in [5.41, 5.74) is 8.42. The third-order valence-corrected chi connectivity index (χ3v) is 7.47.